The van der Waals surface area contributed by atoms with Crippen molar-refractivity contribution in [2.24, 2.45) is 5.92 Å². The van der Waals surface area contributed by atoms with Gasteiger partial charge in [0.25, 0.3) is 0 Å². The number of urea groups is 1. The summed E-state index contributed by atoms with van der Waals surface area (Å²) < 4.78 is 20.6. The molecule has 1 aliphatic rings. The first-order valence-electron chi connectivity index (χ1n) is 9.05. The Labute approximate surface area is 158 Å². The largest absolute Gasteiger partial charge is 0.379 e. The molecule has 1 aromatic heterocycles. The molecule has 8 heteroatoms. The number of benzene rings is 1. The lowest BCUT2D eigenvalue weighted by Gasteiger charge is -2.25. The van der Waals surface area contributed by atoms with Gasteiger partial charge in [-0.1, -0.05) is 12.1 Å². The minimum absolute atomic E-state index is 0.158. The zero-order valence-electron chi connectivity index (χ0n) is 15.8. The fourth-order valence-corrected chi connectivity index (χ4v) is 3.23. The van der Waals surface area contributed by atoms with Crippen LogP contribution >= 0.6 is 0 Å². The molecule has 1 aromatic carbocycles. The second-order valence-electron chi connectivity index (χ2n) is 7.14. The lowest BCUT2D eigenvalue weighted by molar-refractivity contribution is 0.112. The summed E-state index contributed by atoms with van der Waals surface area (Å²) in [6.07, 6.45) is 3.34. The summed E-state index contributed by atoms with van der Waals surface area (Å²) in [5, 5.41) is 7.13. The van der Waals surface area contributed by atoms with Crippen molar-refractivity contribution in [3.63, 3.8) is 0 Å². The van der Waals surface area contributed by atoms with Crippen LogP contribution in [-0.2, 0) is 11.3 Å². The maximum Gasteiger partial charge on any atom is 0.322 e. The molecule has 7 nitrogen and oxygen atoms in total. The minimum atomic E-state index is -0.274. The number of ether oxygens (including phenoxy) is 1. The van der Waals surface area contributed by atoms with E-state index < -0.39 is 0 Å². The highest BCUT2D eigenvalue weighted by molar-refractivity contribution is 5.89. The van der Waals surface area contributed by atoms with E-state index in [9.17, 15) is 9.18 Å². The SMILES string of the molecule is CN(C)C[C@@H]1COCCN(C(=O)Nc2cnn(Cc3cccc(F)c3)c2)C1. The van der Waals surface area contributed by atoms with E-state index in [1.165, 1.54) is 12.1 Å². The fraction of sp³-hybridized carbons (Fsp3) is 0.474. The normalized spacial score (nSPS) is 17.8. The number of carbonyl (C=O) groups is 1. The van der Waals surface area contributed by atoms with Crippen molar-refractivity contribution in [3.8, 4) is 0 Å². The molecule has 2 heterocycles. The Kier molecular flexibility index (Phi) is 6.41. The predicted octanol–water partition coefficient (Wildman–Crippen LogP) is 2.11. The maximum atomic E-state index is 13.3. The van der Waals surface area contributed by atoms with E-state index in [1.54, 1.807) is 28.0 Å². The Morgan fingerprint density at radius 1 is 1.44 bits per heavy atom. The fourth-order valence-electron chi connectivity index (χ4n) is 3.23. The van der Waals surface area contributed by atoms with Crippen LogP contribution in [0, 0.1) is 11.7 Å². The number of anilines is 1. The van der Waals surface area contributed by atoms with E-state index in [2.05, 4.69) is 15.3 Å². The molecule has 2 amide bonds. The molecular weight excluding hydrogens is 349 g/mol. The van der Waals surface area contributed by atoms with Gasteiger partial charge < -0.3 is 19.9 Å². The van der Waals surface area contributed by atoms with Crippen LogP contribution in [0.3, 0.4) is 0 Å². The van der Waals surface area contributed by atoms with Gasteiger partial charge in [0.2, 0.25) is 0 Å². The monoisotopic (exact) mass is 375 g/mol. The van der Waals surface area contributed by atoms with Crippen LogP contribution in [0.4, 0.5) is 14.9 Å². The van der Waals surface area contributed by atoms with Gasteiger partial charge in [-0.15, -0.1) is 0 Å². The smallest absolute Gasteiger partial charge is 0.322 e. The second kappa shape index (κ2) is 8.96. The molecule has 27 heavy (non-hydrogen) atoms. The molecule has 0 radical (unpaired) electrons. The molecule has 3 rings (SSSR count). The average Bonchev–Trinajstić information content (AvgIpc) is 2.89. The van der Waals surface area contributed by atoms with Gasteiger partial charge in [-0.05, 0) is 31.8 Å². The van der Waals surface area contributed by atoms with E-state index in [-0.39, 0.29) is 17.8 Å². The molecule has 1 atom stereocenters. The highest BCUT2D eigenvalue weighted by Crippen LogP contribution is 2.13. The first kappa shape index (κ1) is 19.3. The third-order valence-corrected chi connectivity index (χ3v) is 4.37. The molecule has 146 valence electrons. The van der Waals surface area contributed by atoms with Crippen LogP contribution in [0.2, 0.25) is 0 Å². The Morgan fingerprint density at radius 3 is 3.07 bits per heavy atom. The number of amides is 2. The molecule has 0 bridgehead atoms. The maximum absolute atomic E-state index is 13.3. The first-order chi connectivity index (χ1) is 13.0. The van der Waals surface area contributed by atoms with Crippen molar-refractivity contribution >= 4 is 11.7 Å². The minimum Gasteiger partial charge on any atom is -0.379 e. The third kappa shape index (κ3) is 5.77. The summed E-state index contributed by atoms with van der Waals surface area (Å²) >= 11 is 0. The van der Waals surface area contributed by atoms with Gasteiger partial charge in [0.15, 0.2) is 0 Å². The zero-order valence-corrected chi connectivity index (χ0v) is 15.8. The Balaban J connectivity index is 1.58. The number of hydrogen-bond donors (Lipinski definition) is 1. The molecular formula is C19H26FN5O2. The number of rotatable bonds is 5. The molecule has 1 N–H and O–H groups in total. The Morgan fingerprint density at radius 2 is 2.30 bits per heavy atom. The number of hydrogen-bond acceptors (Lipinski definition) is 4. The third-order valence-electron chi connectivity index (χ3n) is 4.37. The molecule has 2 aromatic rings. The van der Waals surface area contributed by atoms with Gasteiger partial charge in [0, 0.05) is 31.7 Å². The van der Waals surface area contributed by atoms with E-state index in [0.29, 0.717) is 38.5 Å². The molecule has 1 fully saturated rings. The van der Waals surface area contributed by atoms with Gasteiger partial charge in [-0.25, -0.2) is 9.18 Å². The van der Waals surface area contributed by atoms with Gasteiger partial charge >= 0.3 is 6.03 Å². The number of carbonyl (C=O) groups excluding carboxylic acids is 1. The summed E-state index contributed by atoms with van der Waals surface area (Å²) in [7, 11) is 4.03. The Hall–Kier alpha value is -2.45. The average molecular weight is 375 g/mol. The second-order valence-corrected chi connectivity index (χ2v) is 7.14. The van der Waals surface area contributed by atoms with Crippen LogP contribution in [0.1, 0.15) is 5.56 Å². The van der Waals surface area contributed by atoms with Gasteiger partial charge in [-0.2, -0.15) is 5.10 Å². The van der Waals surface area contributed by atoms with Crippen molar-refractivity contribution in [3.05, 3.63) is 48.0 Å². The van der Waals surface area contributed by atoms with E-state index in [1.807, 2.05) is 20.2 Å². The topological polar surface area (TPSA) is 62.6 Å². The van der Waals surface area contributed by atoms with Crippen molar-refractivity contribution in [2.75, 3.05) is 52.3 Å². The summed E-state index contributed by atoms with van der Waals surface area (Å²) in [5.74, 6) is 0.00722. The van der Waals surface area contributed by atoms with Crippen LogP contribution < -0.4 is 5.32 Å². The number of nitrogens with zero attached hydrogens (tertiary/aromatic N) is 4. The first-order valence-corrected chi connectivity index (χ1v) is 9.05. The lowest BCUT2D eigenvalue weighted by atomic mass is 10.1. The number of halogens is 1. The molecule has 0 spiro atoms. The van der Waals surface area contributed by atoms with Crippen molar-refractivity contribution < 1.29 is 13.9 Å². The lowest BCUT2D eigenvalue weighted by Crippen LogP contribution is -2.40. The van der Waals surface area contributed by atoms with Crippen LogP contribution in [-0.4, -0.2) is 72.6 Å². The summed E-state index contributed by atoms with van der Waals surface area (Å²) in [6.45, 7) is 3.73. The van der Waals surface area contributed by atoms with E-state index >= 15 is 0 Å². The van der Waals surface area contributed by atoms with Gasteiger partial charge in [0.1, 0.15) is 5.82 Å². The van der Waals surface area contributed by atoms with Crippen LogP contribution in [0.25, 0.3) is 0 Å². The number of nitrogens with one attached hydrogen (secondary N) is 1. The summed E-state index contributed by atoms with van der Waals surface area (Å²) in [6, 6.07) is 6.23. The van der Waals surface area contributed by atoms with Crippen molar-refractivity contribution in [2.45, 2.75) is 6.54 Å². The number of aromatic nitrogens is 2. The van der Waals surface area contributed by atoms with Crippen molar-refractivity contribution in [1.82, 2.24) is 19.6 Å². The Bertz CT molecular complexity index is 764. The summed E-state index contributed by atoms with van der Waals surface area (Å²) in [5.41, 5.74) is 1.43. The molecule has 0 aliphatic carbocycles. The van der Waals surface area contributed by atoms with Gasteiger partial charge in [0.05, 0.1) is 31.6 Å². The molecule has 1 aliphatic heterocycles. The van der Waals surface area contributed by atoms with Crippen molar-refractivity contribution in [1.29, 1.82) is 0 Å². The van der Waals surface area contributed by atoms with Crippen LogP contribution in [0.15, 0.2) is 36.7 Å². The highest BCUT2D eigenvalue weighted by atomic mass is 19.1. The van der Waals surface area contributed by atoms with Crippen LogP contribution in [0.5, 0.6) is 0 Å². The van der Waals surface area contributed by atoms with Gasteiger partial charge in [-0.3, -0.25) is 4.68 Å². The standard InChI is InChI=1S/C19H26FN5O2/c1-23(2)10-16-11-24(6-7-27-14-16)19(26)22-18-9-21-25(13-18)12-15-4-3-5-17(20)8-15/h3-5,8-9,13,16H,6-7,10-12,14H2,1-2H3,(H,22,26)/t16-/m0/s1. The molecule has 0 unspecified atom stereocenters. The van der Waals surface area contributed by atoms with E-state index in [0.717, 1.165) is 12.1 Å². The van der Waals surface area contributed by atoms with E-state index in [4.69, 9.17) is 4.74 Å². The zero-order chi connectivity index (χ0) is 19.2. The summed E-state index contributed by atoms with van der Waals surface area (Å²) in [4.78, 5) is 16.5. The molecule has 0 saturated carbocycles. The highest BCUT2D eigenvalue weighted by Gasteiger charge is 2.23. The molecule has 1 saturated heterocycles. The quantitative estimate of drug-likeness (QED) is 0.870. The predicted molar refractivity (Wildman–Crippen MR) is 101 cm³/mol.